The second-order valence-electron chi connectivity index (χ2n) is 4.32. The number of nitrogens with one attached hydrogen (secondary N) is 1. The van der Waals surface area contributed by atoms with Crippen LogP contribution in [0.25, 0.3) is 0 Å². The summed E-state index contributed by atoms with van der Waals surface area (Å²) in [5.74, 6) is 0.790. The first-order valence-corrected chi connectivity index (χ1v) is 5.46. The topological polar surface area (TPSA) is 29.9 Å². The lowest BCUT2D eigenvalue weighted by Crippen LogP contribution is -2.30. The van der Waals surface area contributed by atoms with Crippen molar-refractivity contribution in [3.05, 3.63) is 17.5 Å². The number of rotatable bonds is 2. The fourth-order valence-corrected chi connectivity index (χ4v) is 2.13. The standard InChI is InChI=1S/C11H19N3/c1-9-6-11(13-14(9)2)7-10-4-3-5-12-8-10/h6,10,12H,3-5,7-8H2,1-2H3. The molecule has 0 amide bonds. The van der Waals surface area contributed by atoms with Crippen molar-refractivity contribution in [3.8, 4) is 0 Å². The molecule has 2 heterocycles. The fourth-order valence-electron chi connectivity index (χ4n) is 2.13. The molecule has 0 spiro atoms. The van der Waals surface area contributed by atoms with Crippen LogP contribution in [0.1, 0.15) is 24.2 Å². The van der Waals surface area contributed by atoms with E-state index in [0.29, 0.717) is 0 Å². The number of piperidine rings is 1. The van der Waals surface area contributed by atoms with Crippen LogP contribution in [0.15, 0.2) is 6.07 Å². The average Bonchev–Trinajstić information content (AvgIpc) is 2.47. The van der Waals surface area contributed by atoms with Crippen LogP contribution >= 0.6 is 0 Å². The van der Waals surface area contributed by atoms with Crippen LogP contribution < -0.4 is 5.32 Å². The first-order valence-electron chi connectivity index (χ1n) is 5.46. The third kappa shape index (κ3) is 2.15. The molecule has 3 nitrogen and oxygen atoms in total. The Hall–Kier alpha value is -0.830. The zero-order valence-electron chi connectivity index (χ0n) is 9.08. The van der Waals surface area contributed by atoms with Gasteiger partial charge in [-0.3, -0.25) is 4.68 Å². The highest BCUT2D eigenvalue weighted by atomic mass is 15.3. The molecule has 1 unspecified atom stereocenters. The lowest BCUT2D eigenvalue weighted by molar-refractivity contribution is 0.372. The van der Waals surface area contributed by atoms with E-state index in [-0.39, 0.29) is 0 Å². The fraction of sp³-hybridized carbons (Fsp3) is 0.727. The molecule has 3 heteroatoms. The van der Waals surface area contributed by atoms with Crippen LogP contribution in [-0.2, 0) is 13.5 Å². The Morgan fingerprint density at radius 3 is 3.07 bits per heavy atom. The van der Waals surface area contributed by atoms with Gasteiger partial charge in [0.1, 0.15) is 0 Å². The van der Waals surface area contributed by atoms with E-state index in [1.54, 1.807) is 0 Å². The minimum absolute atomic E-state index is 0.790. The molecule has 78 valence electrons. The predicted octanol–water partition coefficient (Wildman–Crippen LogP) is 1.27. The summed E-state index contributed by atoms with van der Waals surface area (Å²) < 4.78 is 1.96. The summed E-state index contributed by atoms with van der Waals surface area (Å²) in [5.41, 5.74) is 2.50. The molecule has 1 N–H and O–H groups in total. The minimum atomic E-state index is 0.790. The highest BCUT2D eigenvalue weighted by molar-refractivity contribution is 5.09. The molecule has 1 aromatic heterocycles. The van der Waals surface area contributed by atoms with E-state index in [1.807, 2.05) is 11.7 Å². The zero-order chi connectivity index (χ0) is 9.97. The molecular weight excluding hydrogens is 174 g/mol. The van der Waals surface area contributed by atoms with Crippen LogP contribution in [0, 0.1) is 12.8 Å². The number of hydrogen-bond donors (Lipinski definition) is 1. The van der Waals surface area contributed by atoms with Crippen molar-refractivity contribution in [2.24, 2.45) is 13.0 Å². The van der Waals surface area contributed by atoms with Crippen molar-refractivity contribution in [1.29, 1.82) is 0 Å². The third-order valence-electron chi connectivity index (χ3n) is 3.06. The maximum Gasteiger partial charge on any atom is 0.0630 e. The van der Waals surface area contributed by atoms with Crippen molar-refractivity contribution in [2.75, 3.05) is 13.1 Å². The van der Waals surface area contributed by atoms with Crippen molar-refractivity contribution in [3.63, 3.8) is 0 Å². The molecule has 1 aromatic rings. The van der Waals surface area contributed by atoms with Gasteiger partial charge in [-0.05, 0) is 51.3 Å². The van der Waals surface area contributed by atoms with E-state index in [2.05, 4.69) is 23.4 Å². The Labute approximate surface area is 85.5 Å². The highest BCUT2D eigenvalue weighted by Crippen LogP contribution is 2.15. The molecule has 1 fully saturated rings. The van der Waals surface area contributed by atoms with Crippen LogP contribution in [0.2, 0.25) is 0 Å². The maximum absolute atomic E-state index is 4.49. The van der Waals surface area contributed by atoms with Crippen molar-refractivity contribution in [2.45, 2.75) is 26.2 Å². The van der Waals surface area contributed by atoms with Gasteiger partial charge in [0.25, 0.3) is 0 Å². The second kappa shape index (κ2) is 4.13. The van der Waals surface area contributed by atoms with Gasteiger partial charge in [0.2, 0.25) is 0 Å². The Bertz CT molecular complexity index is 278. The number of aryl methyl sites for hydroxylation is 2. The van der Waals surface area contributed by atoms with Gasteiger partial charge in [0.05, 0.1) is 5.69 Å². The Morgan fingerprint density at radius 1 is 1.64 bits per heavy atom. The zero-order valence-corrected chi connectivity index (χ0v) is 9.08. The second-order valence-corrected chi connectivity index (χ2v) is 4.32. The number of aromatic nitrogens is 2. The first kappa shape index (κ1) is 9.71. The molecule has 0 saturated carbocycles. The SMILES string of the molecule is Cc1cc(CC2CCCNC2)nn1C. The number of hydrogen-bond acceptors (Lipinski definition) is 2. The first-order chi connectivity index (χ1) is 6.75. The Morgan fingerprint density at radius 2 is 2.50 bits per heavy atom. The van der Waals surface area contributed by atoms with E-state index >= 15 is 0 Å². The Kier molecular flexibility index (Phi) is 2.87. The van der Waals surface area contributed by atoms with Gasteiger partial charge in [0.15, 0.2) is 0 Å². The lowest BCUT2D eigenvalue weighted by atomic mass is 9.95. The summed E-state index contributed by atoms with van der Waals surface area (Å²) in [7, 11) is 2.01. The van der Waals surface area contributed by atoms with E-state index in [9.17, 15) is 0 Å². The summed E-state index contributed by atoms with van der Waals surface area (Å²) in [6.07, 6.45) is 3.80. The van der Waals surface area contributed by atoms with E-state index in [1.165, 1.54) is 30.8 Å². The molecule has 0 bridgehead atoms. The molecule has 14 heavy (non-hydrogen) atoms. The van der Waals surface area contributed by atoms with Gasteiger partial charge in [-0.1, -0.05) is 0 Å². The molecule has 1 saturated heterocycles. The average molecular weight is 193 g/mol. The molecule has 0 aliphatic carbocycles. The summed E-state index contributed by atoms with van der Waals surface area (Å²) >= 11 is 0. The van der Waals surface area contributed by atoms with Gasteiger partial charge in [0, 0.05) is 12.7 Å². The quantitative estimate of drug-likeness (QED) is 0.766. The summed E-state index contributed by atoms with van der Waals surface area (Å²) in [4.78, 5) is 0. The molecule has 1 atom stereocenters. The van der Waals surface area contributed by atoms with Crippen LogP contribution in [0.4, 0.5) is 0 Å². The molecule has 1 aliphatic rings. The van der Waals surface area contributed by atoms with Gasteiger partial charge in [-0.15, -0.1) is 0 Å². The van der Waals surface area contributed by atoms with Crippen molar-refractivity contribution >= 4 is 0 Å². The lowest BCUT2D eigenvalue weighted by Gasteiger charge is -2.21. The molecular formula is C11H19N3. The third-order valence-corrected chi connectivity index (χ3v) is 3.06. The normalized spacial score (nSPS) is 22.6. The maximum atomic E-state index is 4.49. The van der Waals surface area contributed by atoms with Gasteiger partial charge in [-0.2, -0.15) is 5.10 Å². The van der Waals surface area contributed by atoms with Crippen molar-refractivity contribution < 1.29 is 0 Å². The van der Waals surface area contributed by atoms with Crippen LogP contribution in [0.3, 0.4) is 0 Å². The Balaban J connectivity index is 1.95. The van der Waals surface area contributed by atoms with Gasteiger partial charge < -0.3 is 5.32 Å². The van der Waals surface area contributed by atoms with E-state index in [4.69, 9.17) is 0 Å². The van der Waals surface area contributed by atoms with Gasteiger partial charge >= 0.3 is 0 Å². The predicted molar refractivity (Wildman–Crippen MR) is 57.2 cm³/mol. The molecule has 0 radical (unpaired) electrons. The number of nitrogens with zero attached hydrogens (tertiary/aromatic N) is 2. The summed E-state index contributed by atoms with van der Waals surface area (Å²) in [6.45, 7) is 4.46. The molecule has 2 rings (SSSR count). The molecule has 0 aromatic carbocycles. The van der Waals surface area contributed by atoms with Crippen molar-refractivity contribution in [1.82, 2.24) is 15.1 Å². The van der Waals surface area contributed by atoms with E-state index in [0.717, 1.165) is 18.9 Å². The molecule has 1 aliphatic heterocycles. The van der Waals surface area contributed by atoms with E-state index < -0.39 is 0 Å². The smallest absolute Gasteiger partial charge is 0.0630 e. The van der Waals surface area contributed by atoms with Crippen LogP contribution in [-0.4, -0.2) is 22.9 Å². The van der Waals surface area contributed by atoms with Gasteiger partial charge in [-0.25, -0.2) is 0 Å². The summed E-state index contributed by atoms with van der Waals surface area (Å²) in [5, 5.41) is 7.94. The minimum Gasteiger partial charge on any atom is -0.316 e. The largest absolute Gasteiger partial charge is 0.316 e. The monoisotopic (exact) mass is 193 g/mol. The van der Waals surface area contributed by atoms with Crippen LogP contribution in [0.5, 0.6) is 0 Å². The highest BCUT2D eigenvalue weighted by Gasteiger charge is 2.14. The summed E-state index contributed by atoms with van der Waals surface area (Å²) in [6, 6.07) is 2.20.